The first-order valence-electron chi connectivity index (χ1n) is 10.7. The predicted octanol–water partition coefficient (Wildman–Crippen LogP) is 5.95. The van der Waals surface area contributed by atoms with Crippen LogP contribution in [0, 0.1) is 6.92 Å². The lowest BCUT2D eigenvalue weighted by atomic mass is 9.87. The van der Waals surface area contributed by atoms with E-state index >= 15 is 0 Å². The lowest BCUT2D eigenvalue weighted by Gasteiger charge is -2.19. The van der Waals surface area contributed by atoms with Gasteiger partial charge in [-0.3, -0.25) is 9.59 Å². The molecule has 166 valence electrons. The van der Waals surface area contributed by atoms with Gasteiger partial charge in [-0.2, -0.15) is 0 Å². The number of amides is 2. The van der Waals surface area contributed by atoms with Crippen molar-refractivity contribution in [2.75, 3.05) is 10.6 Å². The van der Waals surface area contributed by atoms with E-state index in [-0.39, 0.29) is 17.2 Å². The van der Waals surface area contributed by atoms with Crippen molar-refractivity contribution in [1.29, 1.82) is 0 Å². The second-order valence-corrected chi connectivity index (χ2v) is 8.92. The first-order chi connectivity index (χ1) is 15.1. The van der Waals surface area contributed by atoms with Crippen LogP contribution in [0.15, 0.2) is 72.8 Å². The van der Waals surface area contributed by atoms with Crippen LogP contribution in [0.3, 0.4) is 0 Å². The van der Waals surface area contributed by atoms with E-state index in [1.165, 1.54) is 5.56 Å². The fraction of sp³-hybridized carbons (Fsp3) is 0.259. The van der Waals surface area contributed by atoms with Crippen molar-refractivity contribution < 1.29 is 14.3 Å². The van der Waals surface area contributed by atoms with Crippen molar-refractivity contribution >= 4 is 23.2 Å². The molecule has 3 rings (SSSR count). The maximum Gasteiger partial charge on any atom is 0.265 e. The van der Waals surface area contributed by atoms with Gasteiger partial charge in [-0.25, -0.2) is 0 Å². The third-order valence-corrected chi connectivity index (χ3v) is 5.10. The molecule has 5 nitrogen and oxygen atoms in total. The van der Waals surface area contributed by atoms with Crippen molar-refractivity contribution in [2.45, 2.75) is 46.1 Å². The summed E-state index contributed by atoms with van der Waals surface area (Å²) in [4.78, 5) is 25.2. The monoisotopic (exact) mass is 430 g/mol. The SMILES string of the molecule is Cc1ccc(OC(C)C(=O)Nc2cccc(NC(=O)c3ccc(C(C)(C)C)cc3)c2)cc1. The van der Waals surface area contributed by atoms with Gasteiger partial charge in [0, 0.05) is 16.9 Å². The maximum absolute atomic E-state index is 12.6. The molecule has 1 unspecified atom stereocenters. The Bertz CT molecular complexity index is 1080. The number of aryl methyl sites for hydroxylation is 1. The zero-order chi connectivity index (χ0) is 23.3. The Labute approximate surface area is 189 Å². The van der Waals surface area contributed by atoms with Gasteiger partial charge in [0.05, 0.1) is 0 Å². The summed E-state index contributed by atoms with van der Waals surface area (Å²) in [5.41, 5.74) is 4.07. The van der Waals surface area contributed by atoms with Crippen molar-refractivity contribution in [3.63, 3.8) is 0 Å². The van der Waals surface area contributed by atoms with Gasteiger partial charge < -0.3 is 15.4 Å². The quantitative estimate of drug-likeness (QED) is 0.508. The highest BCUT2D eigenvalue weighted by molar-refractivity contribution is 6.04. The maximum atomic E-state index is 12.6. The number of benzene rings is 3. The molecule has 1 atom stereocenters. The molecule has 0 saturated heterocycles. The molecule has 0 heterocycles. The minimum atomic E-state index is -0.669. The molecule has 0 saturated carbocycles. The van der Waals surface area contributed by atoms with Crippen LogP contribution >= 0.6 is 0 Å². The number of hydrogen-bond donors (Lipinski definition) is 2. The van der Waals surface area contributed by atoms with E-state index in [2.05, 4.69) is 31.4 Å². The lowest BCUT2D eigenvalue weighted by Crippen LogP contribution is -2.30. The van der Waals surface area contributed by atoms with E-state index in [9.17, 15) is 9.59 Å². The van der Waals surface area contributed by atoms with Crippen molar-refractivity contribution in [3.8, 4) is 5.75 Å². The summed E-state index contributed by atoms with van der Waals surface area (Å²) >= 11 is 0. The second kappa shape index (κ2) is 9.69. The van der Waals surface area contributed by atoms with Crippen molar-refractivity contribution in [2.24, 2.45) is 0 Å². The fourth-order valence-electron chi connectivity index (χ4n) is 3.12. The minimum Gasteiger partial charge on any atom is -0.481 e. The Morgan fingerprint density at radius 1 is 0.844 bits per heavy atom. The van der Waals surface area contributed by atoms with Crippen molar-refractivity contribution in [3.05, 3.63) is 89.5 Å². The Balaban J connectivity index is 1.61. The fourth-order valence-corrected chi connectivity index (χ4v) is 3.12. The number of rotatable bonds is 6. The molecule has 0 spiro atoms. The number of anilines is 2. The van der Waals surface area contributed by atoms with Gasteiger partial charge in [-0.05, 0) is 67.3 Å². The number of carbonyl (C=O) groups is 2. The van der Waals surface area contributed by atoms with Crippen LogP contribution < -0.4 is 15.4 Å². The molecule has 0 fully saturated rings. The van der Waals surface area contributed by atoms with Crippen LogP contribution in [0.25, 0.3) is 0 Å². The molecule has 0 radical (unpaired) electrons. The van der Waals surface area contributed by atoms with Gasteiger partial charge in [0.2, 0.25) is 0 Å². The summed E-state index contributed by atoms with van der Waals surface area (Å²) in [6.07, 6.45) is -0.669. The largest absolute Gasteiger partial charge is 0.481 e. The molecule has 0 aliphatic carbocycles. The summed E-state index contributed by atoms with van der Waals surface area (Å²) in [7, 11) is 0. The summed E-state index contributed by atoms with van der Waals surface area (Å²) in [6, 6.07) is 22.2. The van der Waals surface area contributed by atoms with E-state index in [1.54, 1.807) is 31.2 Å². The summed E-state index contributed by atoms with van der Waals surface area (Å²) in [6.45, 7) is 10.1. The molecule has 2 N–H and O–H groups in total. The zero-order valence-corrected chi connectivity index (χ0v) is 19.2. The van der Waals surface area contributed by atoms with Gasteiger partial charge >= 0.3 is 0 Å². The highest BCUT2D eigenvalue weighted by Gasteiger charge is 2.16. The summed E-state index contributed by atoms with van der Waals surface area (Å²) < 4.78 is 5.71. The van der Waals surface area contributed by atoms with E-state index < -0.39 is 6.10 Å². The molecule has 3 aromatic rings. The van der Waals surface area contributed by atoms with Crippen LogP contribution in [0.5, 0.6) is 5.75 Å². The van der Waals surface area contributed by atoms with Gasteiger partial charge in [0.1, 0.15) is 5.75 Å². The van der Waals surface area contributed by atoms with Crippen molar-refractivity contribution in [1.82, 2.24) is 0 Å². The predicted molar refractivity (Wildman–Crippen MR) is 129 cm³/mol. The molecule has 0 aromatic heterocycles. The number of ether oxygens (including phenoxy) is 1. The van der Waals surface area contributed by atoms with Crippen LogP contribution in [0.4, 0.5) is 11.4 Å². The molecule has 32 heavy (non-hydrogen) atoms. The molecule has 5 heteroatoms. The van der Waals surface area contributed by atoms with Gasteiger partial charge in [-0.1, -0.05) is 56.7 Å². The minimum absolute atomic E-state index is 0.0296. The lowest BCUT2D eigenvalue weighted by molar-refractivity contribution is -0.122. The zero-order valence-electron chi connectivity index (χ0n) is 19.2. The number of carbonyl (C=O) groups excluding carboxylic acids is 2. The first kappa shape index (κ1) is 23.1. The molecular weight excluding hydrogens is 400 g/mol. The van der Waals surface area contributed by atoms with Crippen LogP contribution in [0.1, 0.15) is 49.2 Å². The Morgan fingerprint density at radius 3 is 2.03 bits per heavy atom. The Hall–Kier alpha value is -3.60. The average molecular weight is 431 g/mol. The van der Waals surface area contributed by atoms with E-state index in [4.69, 9.17) is 4.74 Å². The van der Waals surface area contributed by atoms with E-state index in [1.807, 2.05) is 55.5 Å². The topological polar surface area (TPSA) is 67.4 Å². The summed E-state index contributed by atoms with van der Waals surface area (Å²) in [5, 5.41) is 5.72. The smallest absolute Gasteiger partial charge is 0.265 e. The Kier molecular flexibility index (Phi) is 6.98. The molecule has 3 aromatic carbocycles. The summed E-state index contributed by atoms with van der Waals surface area (Å²) in [5.74, 6) is 0.161. The van der Waals surface area contributed by atoms with E-state index in [0.717, 1.165) is 5.56 Å². The molecule has 2 amide bonds. The van der Waals surface area contributed by atoms with Gasteiger partial charge in [0.15, 0.2) is 6.10 Å². The second-order valence-electron chi connectivity index (χ2n) is 8.92. The highest BCUT2D eigenvalue weighted by Crippen LogP contribution is 2.23. The number of hydrogen-bond acceptors (Lipinski definition) is 3. The number of nitrogens with one attached hydrogen (secondary N) is 2. The average Bonchev–Trinajstić information content (AvgIpc) is 2.75. The normalized spacial score (nSPS) is 12.0. The van der Waals surface area contributed by atoms with Gasteiger partial charge in [-0.15, -0.1) is 0 Å². The Morgan fingerprint density at radius 2 is 1.44 bits per heavy atom. The highest BCUT2D eigenvalue weighted by atomic mass is 16.5. The van der Waals surface area contributed by atoms with Crippen LogP contribution in [-0.4, -0.2) is 17.9 Å². The molecule has 0 bridgehead atoms. The molecule has 0 aliphatic rings. The third kappa shape index (κ3) is 6.20. The molecular formula is C27H30N2O3. The standard InChI is InChI=1S/C27H30N2O3/c1-18-9-15-24(16-10-18)32-19(2)25(30)28-22-7-6-8-23(17-22)29-26(31)20-11-13-21(14-12-20)27(3,4)5/h6-17,19H,1-5H3,(H,28,30)(H,29,31). The third-order valence-electron chi connectivity index (χ3n) is 5.10. The van der Waals surface area contributed by atoms with Gasteiger partial charge in [0.25, 0.3) is 11.8 Å². The first-order valence-corrected chi connectivity index (χ1v) is 10.7. The van der Waals surface area contributed by atoms with Crippen LogP contribution in [-0.2, 0) is 10.2 Å². The van der Waals surface area contributed by atoms with Crippen LogP contribution in [0.2, 0.25) is 0 Å². The van der Waals surface area contributed by atoms with E-state index in [0.29, 0.717) is 22.7 Å². The molecule has 0 aliphatic heterocycles.